The van der Waals surface area contributed by atoms with Gasteiger partial charge in [0.1, 0.15) is 9.88 Å². The number of carbonyl (C=O) groups is 1. The largest absolute Gasteiger partial charge is 0.372 e. The van der Waals surface area contributed by atoms with Gasteiger partial charge in [-0.1, -0.05) is 30.3 Å². The van der Waals surface area contributed by atoms with Gasteiger partial charge in [-0.3, -0.25) is 4.79 Å². The number of nitrogens with one attached hydrogen (secondary N) is 1. The lowest BCUT2D eigenvalue weighted by Crippen LogP contribution is -2.29. The molecule has 0 unspecified atom stereocenters. The average Bonchev–Trinajstić information content (AvgIpc) is 3.12. The van der Waals surface area contributed by atoms with Crippen molar-refractivity contribution in [3.63, 3.8) is 0 Å². The van der Waals surface area contributed by atoms with Crippen molar-refractivity contribution in [3.8, 4) is 10.6 Å². The molecule has 138 valence electrons. The first-order valence-electron chi connectivity index (χ1n) is 9.40. The molecule has 0 spiro atoms. The molecule has 0 aliphatic carbocycles. The Bertz CT molecular complexity index is 912. The highest BCUT2D eigenvalue weighted by Gasteiger charge is 2.17. The number of hydrogen-bond acceptors (Lipinski definition) is 4. The van der Waals surface area contributed by atoms with Crippen molar-refractivity contribution in [2.45, 2.75) is 26.2 Å². The van der Waals surface area contributed by atoms with Gasteiger partial charge in [0.2, 0.25) is 0 Å². The molecular weight excluding hydrogens is 354 g/mol. The monoisotopic (exact) mass is 377 g/mol. The van der Waals surface area contributed by atoms with Crippen LogP contribution in [-0.4, -0.2) is 24.0 Å². The summed E-state index contributed by atoms with van der Waals surface area (Å²) in [5.41, 5.74) is 3.85. The molecule has 1 aliphatic rings. The molecule has 2 heterocycles. The summed E-state index contributed by atoms with van der Waals surface area (Å²) in [7, 11) is 0. The Labute approximate surface area is 163 Å². The van der Waals surface area contributed by atoms with Crippen molar-refractivity contribution in [1.29, 1.82) is 0 Å². The Balaban J connectivity index is 1.47. The number of rotatable bonds is 4. The van der Waals surface area contributed by atoms with E-state index in [1.807, 2.05) is 49.4 Å². The zero-order valence-corrected chi connectivity index (χ0v) is 16.3. The molecule has 1 aliphatic heterocycles. The van der Waals surface area contributed by atoms with Crippen LogP contribution >= 0.6 is 11.3 Å². The van der Waals surface area contributed by atoms with E-state index >= 15 is 0 Å². The third-order valence-electron chi connectivity index (χ3n) is 4.87. The van der Waals surface area contributed by atoms with E-state index in [0.29, 0.717) is 4.88 Å². The highest BCUT2D eigenvalue weighted by molar-refractivity contribution is 7.17. The van der Waals surface area contributed by atoms with Gasteiger partial charge in [-0.15, -0.1) is 11.3 Å². The standard InChI is InChI=1S/C22H23N3OS/c1-16-20(27-22(23-16)17-8-4-2-5-9-17)21(26)24-18-10-12-19(13-11-18)25-14-6-3-7-15-25/h2,4-5,8-13H,3,6-7,14-15H2,1H3,(H,24,26). The third kappa shape index (κ3) is 4.03. The van der Waals surface area contributed by atoms with E-state index in [4.69, 9.17) is 0 Å². The second-order valence-corrected chi connectivity index (χ2v) is 7.85. The molecule has 27 heavy (non-hydrogen) atoms. The molecule has 0 radical (unpaired) electrons. The van der Waals surface area contributed by atoms with Crippen molar-refractivity contribution >= 4 is 28.6 Å². The summed E-state index contributed by atoms with van der Waals surface area (Å²) < 4.78 is 0. The van der Waals surface area contributed by atoms with Crippen LogP contribution in [0.1, 0.15) is 34.6 Å². The summed E-state index contributed by atoms with van der Waals surface area (Å²) in [5.74, 6) is -0.0992. The number of piperidine rings is 1. The van der Waals surface area contributed by atoms with Crippen LogP contribution in [0.15, 0.2) is 54.6 Å². The Morgan fingerprint density at radius 2 is 1.70 bits per heavy atom. The van der Waals surface area contributed by atoms with E-state index in [-0.39, 0.29) is 5.91 Å². The lowest BCUT2D eigenvalue weighted by Gasteiger charge is -2.28. The number of hydrogen-bond donors (Lipinski definition) is 1. The fraction of sp³-hybridized carbons (Fsp3) is 0.273. The Morgan fingerprint density at radius 1 is 1.00 bits per heavy atom. The zero-order chi connectivity index (χ0) is 18.6. The highest BCUT2D eigenvalue weighted by Crippen LogP contribution is 2.29. The maximum Gasteiger partial charge on any atom is 0.267 e. The molecule has 1 saturated heterocycles. The fourth-order valence-corrected chi connectivity index (χ4v) is 4.37. The lowest BCUT2D eigenvalue weighted by atomic mass is 10.1. The molecule has 1 N–H and O–H groups in total. The molecule has 4 nitrogen and oxygen atoms in total. The van der Waals surface area contributed by atoms with Crippen LogP contribution in [0.4, 0.5) is 11.4 Å². The SMILES string of the molecule is Cc1nc(-c2ccccc2)sc1C(=O)Nc1ccc(N2CCCCC2)cc1. The summed E-state index contributed by atoms with van der Waals surface area (Å²) >= 11 is 1.43. The minimum Gasteiger partial charge on any atom is -0.372 e. The number of carbonyl (C=O) groups excluding carboxylic acids is 1. The minimum atomic E-state index is -0.0992. The number of anilines is 2. The van der Waals surface area contributed by atoms with Crippen LogP contribution in [0, 0.1) is 6.92 Å². The zero-order valence-electron chi connectivity index (χ0n) is 15.4. The van der Waals surface area contributed by atoms with Gasteiger partial charge in [-0.05, 0) is 50.5 Å². The van der Waals surface area contributed by atoms with Gasteiger partial charge in [-0.2, -0.15) is 0 Å². The van der Waals surface area contributed by atoms with Gasteiger partial charge in [-0.25, -0.2) is 4.98 Å². The Kier molecular flexibility index (Phi) is 5.21. The van der Waals surface area contributed by atoms with Crippen LogP contribution in [-0.2, 0) is 0 Å². The molecule has 0 bridgehead atoms. The normalized spacial score (nSPS) is 14.2. The maximum atomic E-state index is 12.7. The van der Waals surface area contributed by atoms with Gasteiger partial charge in [0.25, 0.3) is 5.91 Å². The predicted octanol–water partition coefficient (Wildman–Crippen LogP) is 5.36. The Morgan fingerprint density at radius 3 is 2.41 bits per heavy atom. The number of nitrogens with zero attached hydrogens (tertiary/aromatic N) is 2. The molecule has 5 heteroatoms. The first-order chi connectivity index (χ1) is 13.2. The molecule has 4 rings (SSSR count). The van der Waals surface area contributed by atoms with Crippen molar-refractivity contribution < 1.29 is 4.79 Å². The summed E-state index contributed by atoms with van der Waals surface area (Å²) in [5, 5.41) is 3.88. The second-order valence-electron chi connectivity index (χ2n) is 6.85. The van der Waals surface area contributed by atoms with Crippen LogP contribution in [0.3, 0.4) is 0 Å². The van der Waals surface area contributed by atoms with Gasteiger partial charge in [0.05, 0.1) is 5.69 Å². The van der Waals surface area contributed by atoms with Crippen molar-refractivity contribution in [3.05, 3.63) is 65.2 Å². The van der Waals surface area contributed by atoms with Crippen LogP contribution in [0.2, 0.25) is 0 Å². The molecule has 1 fully saturated rings. The molecule has 1 aromatic heterocycles. The van der Waals surface area contributed by atoms with E-state index in [1.165, 1.54) is 36.3 Å². The van der Waals surface area contributed by atoms with Crippen LogP contribution in [0.25, 0.3) is 10.6 Å². The van der Waals surface area contributed by atoms with Crippen LogP contribution < -0.4 is 10.2 Å². The molecule has 0 saturated carbocycles. The third-order valence-corrected chi connectivity index (χ3v) is 6.08. The highest BCUT2D eigenvalue weighted by atomic mass is 32.1. The summed E-state index contributed by atoms with van der Waals surface area (Å²) in [6.07, 6.45) is 3.84. The topological polar surface area (TPSA) is 45.2 Å². The van der Waals surface area contributed by atoms with E-state index in [0.717, 1.165) is 35.0 Å². The Hall–Kier alpha value is -2.66. The van der Waals surface area contributed by atoms with Gasteiger partial charge < -0.3 is 10.2 Å². The van der Waals surface area contributed by atoms with Crippen molar-refractivity contribution in [2.24, 2.45) is 0 Å². The van der Waals surface area contributed by atoms with Gasteiger partial charge >= 0.3 is 0 Å². The summed E-state index contributed by atoms with van der Waals surface area (Å²) in [6, 6.07) is 18.1. The van der Waals surface area contributed by atoms with Crippen molar-refractivity contribution in [2.75, 3.05) is 23.3 Å². The van der Waals surface area contributed by atoms with E-state index in [1.54, 1.807) is 0 Å². The smallest absolute Gasteiger partial charge is 0.267 e. The molecular formula is C22H23N3OS. The average molecular weight is 378 g/mol. The first kappa shape index (κ1) is 17.7. The number of amides is 1. The minimum absolute atomic E-state index is 0.0992. The number of benzene rings is 2. The van der Waals surface area contributed by atoms with Gasteiger partial charge in [0.15, 0.2) is 0 Å². The predicted molar refractivity (Wildman–Crippen MR) is 113 cm³/mol. The van der Waals surface area contributed by atoms with E-state index in [2.05, 4.69) is 27.3 Å². The summed E-state index contributed by atoms with van der Waals surface area (Å²) in [4.78, 5) is 20.4. The van der Waals surface area contributed by atoms with Gasteiger partial charge in [0, 0.05) is 30.0 Å². The summed E-state index contributed by atoms with van der Waals surface area (Å²) in [6.45, 7) is 4.12. The van der Waals surface area contributed by atoms with E-state index in [9.17, 15) is 4.79 Å². The van der Waals surface area contributed by atoms with Crippen LogP contribution in [0.5, 0.6) is 0 Å². The van der Waals surface area contributed by atoms with E-state index < -0.39 is 0 Å². The lowest BCUT2D eigenvalue weighted by molar-refractivity contribution is 0.103. The van der Waals surface area contributed by atoms with Crippen molar-refractivity contribution in [1.82, 2.24) is 4.98 Å². The maximum absolute atomic E-state index is 12.7. The first-order valence-corrected chi connectivity index (χ1v) is 10.2. The molecule has 3 aromatic rings. The number of aryl methyl sites for hydroxylation is 1. The number of thiazole rings is 1. The molecule has 0 atom stereocenters. The second kappa shape index (κ2) is 7.92. The molecule has 2 aromatic carbocycles. The fourth-order valence-electron chi connectivity index (χ4n) is 3.41. The molecule has 1 amide bonds. The number of aromatic nitrogens is 1. The quantitative estimate of drug-likeness (QED) is 0.665.